The van der Waals surface area contributed by atoms with Gasteiger partial charge in [0.1, 0.15) is 16.8 Å². The summed E-state index contributed by atoms with van der Waals surface area (Å²) in [6, 6.07) is 9.91. The number of aromatic nitrogens is 2. The molecule has 4 heteroatoms. The largest absolute Gasteiger partial charge is 0.340 e. The van der Waals surface area contributed by atoms with Gasteiger partial charge in [0.15, 0.2) is 0 Å². The van der Waals surface area contributed by atoms with Gasteiger partial charge in [-0.1, -0.05) is 43.6 Å². The topological polar surface area (TPSA) is 37.8 Å². The first-order valence-electron chi connectivity index (χ1n) is 5.94. The molecule has 0 unspecified atom stereocenters. The van der Waals surface area contributed by atoms with Crippen LogP contribution in [0.2, 0.25) is 5.15 Å². The minimum absolute atomic E-state index is 0.249. The zero-order chi connectivity index (χ0) is 13.1. The first kappa shape index (κ1) is 12.8. The third-order valence-corrected chi connectivity index (χ3v) is 3.02. The number of anilines is 2. The van der Waals surface area contributed by atoms with E-state index in [1.165, 1.54) is 0 Å². The Kier molecular flexibility index (Phi) is 3.82. The van der Waals surface area contributed by atoms with Crippen molar-refractivity contribution in [1.82, 2.24) is 9.97 Å². The van der Waals surface area contributed by atoms with Crippen LogP contribution in [0.25, 0.3) is 0 Å². The summed E-state index contributed by atoms with van der Waals surface area (Å²) in [6.07, 6.45) is 0. The highest BCUT2D eigenvalue weighted by molar-refractivity contribution is 6.30. The van der Waals surface area contributed by atoms with Gasteiger partial charge in [-0.05, 0) is 19.1 Å². The van der Waals surface area contributed by atoms with Crippen molar-refractivity contribution in [2.45, 2.75) is 26.7 Å². The summed E-state index contributed by atoms with van der Waals surface area (Å²) in [5.41, 5.74) is 1.86. The predicted molar refractivity (Wildman–Crippen MR) is 75.6 cm³/mol. The standard InChI is InChI=1S/C14H16ClN3/c1-9(2)13-17-12(15)10(3)14(18-13)16-11-7-5-4-6-8-11/h4-9H,1-3H3,(H,16,17,18). The molecule has 0 saturated carbocycles. The number of para-hydroxylation sites is 1. The molecule has 2 aromatic rings. The van der Waals surface area contributed by atoms with Crippen molar-refractivity contribution in [3.05, 3.63) is 46.9 Å². The van der Waals surface area contributed by atoms with Gasteiger partial charge in [-0.25, -0.2) is 9.97 Å². The third kappa shape index (κ3) is 2.79. The summed E-state index contributed by atoms with van der Waals surface area (Å²) in [7, 11) is 0. The van der Waals surface area contributed by atoms with Crippen LogP contribution in [-0.2, 0) is 0 Å². The van der Waals surface area contributed by atoms with E-state index in [1.807, 2.05) is 51.1 Å². The van der Waals surface area contributed by atoms with E-state index in [0.717, 1.165) is 22.9 Å². The Morgan fingerprint density at radius 1 is 1.11 bits per heavy atom. The monoisotopic (exact) mass is 261 g/mol. The van der Waals surface area contributed by atoms with E-state index in [2.05, 4.69) is 15.3 Å². The molecule has 0 amide bonds. The van der Waals surface area contributed by atoms with Crippen molar-refractivity contribution in [2.75, 3.05) is 5.32 Å². The smallest absolute Gasteiger partial charge is 0.138 e. The molecule has 0 aliphatic carbocycles. The number of nitrogens with one attached hydrogen (secondary N) is 1. The van der Waals surface area contributed by atoms with Gasteiger partial charge in [-0.2, -0.15) is 0 Å². The van der Waals surface area contributed by atoms with Gasteiger partial charge in [0.2, 0.25) is 0 Å². The van der Waals surface area contributed by atoms with Crippen molar-refractivity contribution < 1.29 is 0 Å². The Morgan fingerprint density at radius 3 is 2.39 bits per heavy atom. The lowest BCUT2D eigenvalue weighted by Crippen LogP contribution is -2.05. The average molecular weight is 262 g/mol. The van der Waals surface area contributed by atoms with Crippen molar-refractivity contribution in [3.8, 4) is 0 Å². The molecule has 1 N–H and O–H groups in total. The van der Waals surface area contributed by atoms with E-state index in [-0.39, 0.29) is 5.92 Å². The van der Waals surface area contributed by atoms with Gasteiger partial charge in [-0.15, -0.1) is 0 Å². The molecule has 0 aliphatic rings. The summed E-state index contributed by atoms with van der Waals surface area (Å²) >= 11 is 6.14. The quantitative estimate of drug-likeness (QED) is 0.837. The van der Waals surface area contributed by atoms with Crippen LogP contribution in [0, 0.1) is 6.92 Å². The van der Waals surface area contributed by atoms with Gasteiger partial charge in [0.05, 0.1) is 0 Å². The molecule has 0 aliphatic heterocycles. The van der Waals surface area contributed by atoms with Crippen molar-refractivity contribution >= 4 is 23.1 Å². The lowest BCUT2D eigenvalue weighted by Gasteiger charge is -2.12. The Balaban J connectivity index is 2.38. The normalized spacial score (nSPS) is 10.7. The first-order valence-corrected chi connectivity index (χ1v) is 6.32. The molecule has 94 valence electrons. The summed E-state index contributed by atoms with van der Waals surface area (Å²) in [4.78, 5) is 8.81. The molecule has 0 atom stereocenters. The van der Waals surface area contributed by atoms with Crippen LogP contribution in [0.3, 0.4) is 0 Å². The minimum Gasteiger partial charge on any atom is -0.340 e. The van der Waals surface area contributed by atoms with Crippen LogP contribution in [-0.4, -0.2) is 9.97 Å². The summed E-state index contributed by atoms with van der Waals surface area (Å²) in [5.74, 6) is 1.77. The molecule has 0 radical (unpaired) electrons. The van der Waals surface area contributed by atoms with Crippen molar-refractivity contribution in [3.63, 3.8) is 0 Å². The third-order valence-electron chi connectivity index (χ3n) is 2.66. The fourth-order valence-electron chi connectivity index (χ4n) is 1.54. The second kappa shape index (κ2) is 5.36. The highest BCUT2D eigenvalue weighted by atomic mass is 35.5. The molecular weight excluding hydrogens is 246 g/mol. The molecule has 0 fully saturated rings. The van der Waals surface area contributed by atoms with Crippen molar-refractivity contribution in [2.24, 2.45) is 0 Å². The number of halogens is 1. The maximum absolute atomic E-state index is 6.14. The van der Waals surface area contributed by atoms with Crippen LogP contribution in [0.4, 0.5) is 11.5 Å². The van der Waals surface area contributed by atoms with Gasteiger partial charge in [0.25, 0.3) is 0 Å². The molecule has 18 heavy (non-hydrogen) atoms. The van der Waals surface area contributed by atoms with Crippen molar-refractivity contribution in [1.29, 1.82) is 0 Å². The van der Waals surface area contributed by atoms with Gasteiger partial charge in [-0.3, -0.25) is 0 Å². The van der Waals surface area contributed by atoms with Gasteiger partial charge >= 0.3 is 0 Å². The number of rotatable bonds is 3. The molecule has 2 rings (SSSR count). The number of nitrogens with zero attached hydrogens (tertiary/aromatic N) is 2. The van der Waals surface area contributed by atoms with E-state index >= 15 is 0 Å². The molecule has 1 heterocycles. The van der Waals surface area contributed by atoms with E-state index in [0.29, 0.717) is 5.15 Å². The predicted octanol–water partition coefficient (Wildman–Crippen LogP) is 4.31. The zero-order valence-corrected chi connectivity index (χ0v) is 11.5. The molecule has 3 nitrogen and oxygen atoms in total. The Bertz CT molecular complexity index is 538. The van der Waals surface area contributed by atoms with Gasteiger partial charge in [0, 0.05) is 17.2 Å². The highest BCUT2D eigenvalue weighted by Gasteiger charge is 2.11. The minimum atomic E-state index is 0.249. The average Bonchev–Trinajstić information content (AvgIpc) is 2.35. The molecule has 0 spiro atoms. The van der Waals surface area contributed by atoms with E-state index < -0.39 is 0 Å². The fourth-order valence-corrected chi connectivity index (χ4v) is 1.72. The van der Waals surface area contributed by atoms with Crippen LogP contribution in [0.1, 0.15) is 31.2 Å². The van der Waals surface area contributed by atoms with E-state index in [1.54, 1.807) is 0 Å². The molecule has 1 aromatic carbocycles. The van der Waals surface area contributed by atoms with Crippen LogP contribution < -0.4 is 5.32 Å². The summed E-state index contributed by atoms with van der Waals surface area (Å²) in [5, 5.41) is 3.78. The number of benzene rings is 1. The Labute approximate surface area is 112 Å². The zero-order valence-electron chi connectivity index (χ0n) is 10.7. The van der Waals surface area contributed by atoms with Crippen LogP contribution in [0.15, 0.2) is 30.3 Å². The molecule has 0 bridgehead atoms. The Hall–Kier alpha value is -1.61. The summed E-state index contributed by atoms with van der Waals surface area (Å²) in [6.45, 7) is 6.01. The SMILES string of the molecule is Cc1c(Cl)nc(C(C)C)nc1Nc1ccccc1. The first-order chi connectivity index (χ1) is 8.58. The maximum Gasteiger partial charge on any atom is 0.138 e. The molecule has 0 saturated heterocycles. The lowest BCUT2D eigenvalue weighted by atomic mass is 10.2. The van der Waals surface area contributed by atoms with Crippen LogP contribution >= 0.6 is 11.6 Å². The van der Waals surface area contributed by atoms with Gasteiger partial charge < -0.3 is 5.32 Å². The van der Waals surface area contributed by atoms with E-state index in [9.17, 15) is 0 Å². The van der Waals surface area contributed by atoms with Crippen LogP contribution in [0.5, 0.6) is 0 Å². The number of hydrogen-bond donors (Lipinski definition) is 1. The fraction of sp³-hybridized carbons (Fsp3) is 0.286. The lowest BCUT2D eigenvalue weighted by molar-refractivity contribution is 0.773. The highest BCUT2D eigenvalue weighted by Crippen LogP contribution is 2.25. The van der Waals surface area contributed by atoms with E-state index in [4.69, 9.17) is 11.6 Å². The maximum atomic E-state index is 6.14. The Morgan fingerprint density at radius 2 is 1.78 bits per heavy atom. The second-order valence-corrected chi connectivity index (χ2v) is 4.85. The number of hydrogen-bond acceptors (Lipinski definition) is 3. The second-order valence-electron chi connectivity index (χ2n) is 4.49. The molecule has 1 aromatic heterocycles. The summed E-state index contributed by atoms with van der Waals surface area (Å²) < 4.78 is 0. The molecular formula is C14H16ClN3.